The molecule has 0 spiro atoms. The molecule has 0 aliphatic rings. The maximum absolute atomic E-state index is 11.2. The zero-order valence-corrected chi connectivity index (χ0v) is 14.2. The second-order valence-electron chi connectivity index (χ2n) is 5.33. The first-order valence-corrected chi connectivity index (χ1v) is 8.43. The predicted octanol–water partition coefficient (Wildman–Crippen LogP) is 4.49. The van der Waals surface area contributed by atoms with Crippen molar-refractivity contribution in [3.63, 3.8) is 0 Å². The Morgan fingerprint density at radius 2 is 2.00 bits per heavy atom. The van der Waals surface area contributed by atoms with E-state index in [9.17, 15) is 4.79 Å². The van der Waals surface area contributed by atoms with Crippen LogP contribution in [0.2, 0.25) is 0 Å². The van der Waals surface area contributed by atoms with Crippen molar-refractivity contribution < 1.29 is 14.7 Å². The zero-order chi connectivity index (χ0) is 16.7. The number of hydrogen-bond donors (Lipinski definition) is 1. The Morgan fingerprint density at radius 3 is 2.70 bits per heavy atom. The number of hydrogen-bond acceptors (Lipinski definition) is 5. The number of rotatable bonds is 7. The lowest BCUT2D eigenvalue weighted by atomic mass is 10.1. The van der Waals surface area contributed by atoms with Crippen molar-refractivity contribution in [1.29, 1.82) is 0 Å². The van der Waals surface area contributed by atoms with E-state index < -0.39 is 0 Å². The Bertz CT molecular complexity index is 699. The van der Waals surface area contributed by atoms with E-state index in [0.29, 0.717) is 18.6 Å². The molecule has 4 nitrogen and oxygen atoms in total. The quantitative estimate of drug-likeness (QED) is 0.267. The minimum Gasteiger partial charge on any atom is -0.469 e. The van der Waals surface area contributed by atoms with E-state index in [2.05, 4.69) is 40.2 Å². The van der Waals surface area contributed by atoms with E-state index in [1.165, 1.54) is 17.9 Å². The summed E-state index contributed by atoms with van der Waals surface area (Å²) in [4.78, 5) is 12.3. The van der Waals surface area contributed by atoms with Crippen LogP contribution in [-0.4, -0.2) is 29.2 Å². The van der Waals surface area contributed by atoms with Crippen molar-refractivity contribution >= 4 is 34.2 Å². The van der Waals surface area contributed by atoms with Gasteiger partial charge in [-0.25, -0.2) is 0 Å². The minimum absolute atomic E-state index is 0.0332. The number of methoxy groups -OCH3 is 1. The SMILES string of the molecule is COC(=O)CCCC(Sc1ccc2ccccc2c1)C(C)=NO. The summed E-state index contributed by atoms with van der Waals surface area (Å²) in [5.41, 5.74) is 0.660. The van der Waals surface area contributed by atoms with Crippen LogP contribution in [0.3, 0.4) is 0 Å². The number of oxime groups is 1. The van der Waals surface area contributed by atoms with Crippen LogP contribution in [0.4, 0.5) is 0 Å². The molecule has 0 bridgehead atoms. The van der Waals surface area contributed by atoms with E-state index in [4.69, 9.17) is 5.21 Å². The topological polar surface area (TPSA) is 58.9 Å². The summed E-state index contributed by atoms with van der Waals surface area (Å²) >= 11 is 1.65. The number of thioether (sulfide) groups is 1. The third-order valence-corrected chi connectivity index (χ3v) is 5.09. The lowest BCUT2D eigenvalue weighted by molar-refractivity contribution is -0.140. The maximum Gasteiger partial charge on any atom is 0.305 e. The highest BCUT2D eigenvalue weighted by Crippen LogP contribution is 2.30. The second-order valence-corrected chi connectivity index (χ2v) is 6.60. The molecule has 0 heterocycles. The molecule has 2 aromatic rings. The van der Waals surface area contributed by atoms with Gasteiger partial charge in [-0.1, -0.05) is 35.5 Å². The van der Waals surface area contributed by atoms with Crippen LogP contribution in [0.5, 0.6) is 0 Å². The maximum atomic E-state index is 11.2. The van der Waals surface area contributed by atoms with E-state index in [1.54, 1.807) is 18.7 Å². The highest BCUT2D eigenvalue weighted by atomic mass is 32.2. The fourth-order valence-corrected chi connectivity index (χ4v) is 3.53. The van der Waals surface area contributed by atoms with Crippen LogP contribution < -0.4 is 0 Å². The number of fused-ring (bicyclic) bond motifs is 1. The molecule has 5 heteroatoms. The van der Waals surface area contributed by atoms with Crippen LogP contribution in [0, 0.1) is 0 Å². The second kappa shape index (κ2) is 8.58. The van der Waals surface area contributed by atoms with Gasteiger partial charge in [0.2, 0.25) is 0 Å². The van der Waals surface area contributed by atoms with Gasteiger partial charge in [-0.05, 0) is 42.7 Å². The number of benzene rings is 2. The molecule has 23 heavy (non-hydrogen) atoms. The average molecular weight is 331 g/mol. The summed E-state index contributed by atoms with van der Waals surface area (Å²) in [6, 6.07) is 14.5. The Labute approximate surface area is 140 Å². The van der Waals surface area contributed by atoms with Crippen molar-refractivity contribution in [1.82, 2.24) is 0 Å². The van der Waals surface area contributed by atoms with Crippen molar-refractivity contribution in [2.75, 3.05) is 7.11 Å². The molecule has 0 aliphatic heterocycles. The molecule has 0 fully saturated rings. The molecule has 2 rings (SSSR count). The summed E-state index contributed by atoms with van der Waals surface area (Å²) in [5, 5.41) is 14.9. The van der Waals surface area contributed by atoms with Gasteiger partial charge in [-0.3, -0.25) is 4.79 Å². The first kappa shape index (κ1) is 17.3. The fraction of sp³-hybridized carbons (Fsp3) is 0.333. The van der Waals surface area contributed by atoms with E-state index in [-0.39, 0.29) is 11.2 Å². The molecule has 2 aromatic carbocycles. The number of carbonyl (C=O) groups excluding carboxylic acids is 1. The summed E-state index contributed by atoms with van der Waals surface area (Å²) in [6.07, 6.45) is 1.83. The minimum atomic E-state index is -0.210. The highest BCUT2D eigenvalue weighted by molar-refractivity contribution is 8.00. The standard InChI is InChI=1S/C18H21NO3S/c1-13(19-21)17(8-5-9-18(20)22-2)23-16-11-10-14-6-3-4-7-15(14)12-16/h3-4,6-7,10-12,17,21H,5,8-9H2,1-2H3. The van der Waals surface area contributed by atoms with Gasteiger partial charge in [0.1, 0.15) is 0 Å². The molecule has 0 saturated carbocycles. The first-order chi connectivity index (χ1) is 11.1. The van der Waals surface area contributed by atoms with Gasteiger partial charge in [0.05, 0.1) is 18.1 Å². The van der Waals surface area contributed by atoms with Gasteiger partial charge < -0.3 is 9.94 Å². The Balaban J connectivity index is 2.07. The van der Waals surface area contributed by atoms with Crippen LogP contribution in [0.25, 0.3) is 10.8 Å². The van der Waals surface area contributed by atoms with Crippen molar-refractivity contribution in [2.45, 2.75) is 36.3 Å². The summed E-state index contributed by atoms with van der Waals surface area (Å²) in [6.45, 7) is 1.80. The Morgan fingerprint density at radius 1 is 1.26 bits per heavy atom. The normalized spacial score (nSPS) is 13.0. The molecule has 1 atom stereocenters. The summed E-state index contributed by atoms with van der Waals surface area (Å²) in [5.74, 6) is -0.210. The molecule has 0 aromatic heterocycles. The average Bonchev–Trinajstić information content (AvgIpc) is 2.59. The summed E-state index contributed by atoms with van der Waals surface area (Å²) < 4.78 is 4.66. The number of nitrogens with zero attached hydrogens (tertiary/aromatic N) is 1. The lowest BCUT2D eigenvalue weighted by Crippen LogP contribution is -2.15. The largest absolute Gasteiger partial charge is 0.469 e. The van der Waals surface area contributed by atoms with Gasteiger partial charge in [0.15, 0.2) is 0 Å². The van der Waals surface area contributed by atoms with Crippen molar-refractivity contribution in [3.8, 4) is 0 Å². The third-order valence-electron chi connectivity index (χ3n) is 3.70. The molecule has 0 aliphatic carbocycles. The Kier molecular flexibility index (Phi) is 6.47. The smallest absolute Gasteiger partial charge is 0.305 e. The molecule has 0 radical (unpaired) electrons. The number of esters is 1. The zero-order valence-electron chi connectivity index (χ0n) is 13.4. The first-order valence-electron chi connectivity index (χ1n) is 7.55. The molecule has 1 N–H and O–H groups in total. The molecular formula is C18H21NO3S. The Hall–Kier alpha value is -2.01. The third kappa shape index (κ3) is 4.99. The van der Waals surface area contributed by atoms with E-state index >= 15 is 0 Å². The molecular weight excluding hydrogens is 310 g/mol. The summed E-state index contributed by atoms with van der Waals surface area (Å²) in [7, 11) is 1.39. The van der Waals surface area contributed by atoms with Gasteiger partial charge in [-0.15, -0.1) is 11.8 Å². The molecule has 0 saturated heterocycles. The van der Waals surface area contributed by atoms with Crippen LogP contribution in [0.1, 0.15) is 26.2 Å². The predicted molar refractivity (Wildman–Crippen MR) is 94.4 cm³/mol. The van der Waals surface area contributed by atoms with Crippen LogP contribution in [0.15, 0.2) is 52.5 Å². The van der Waals surface area contributed by atoms with E-state index in [1.807, 2.05) is 12.1 Å². The van der Waals surface area contributed by atoms with Gasteiger partial charge in [0.25, 0.3) is 0 Å². The molecule has 122 valence electrons. The van der Waals surface area contributed by atoms with Gasteiger partial charge >= 0.3 is 5.97 Å². The van der Waals surface area contributed by atoms with Crippen LogP contribution in [-0.2, 0) is 9.53 Å². The lowest BCUT2D eigenvalue weighted by Gasteiger charge is -2.15. The fourth-order valence-electron chi connectivity index (χ4n) is 2.36. The highest BCUT2D eigenvalue weighted by Gasteiger charge is 2.16. The van der Waals surface area contributed by atoms with Crippen LogP contribution >= 0.6 is 11.8 Å². The van der Waals surface area contributed by atoms with Crippen molar-refractivity contribution in [2.24, 2.45) is 5.16 Å². The van der Waals surface area contributed by atoms with Gasteiger partial charge in [-0.2, -0.15) is 0 Å². The molecule has 1 unspecified atom stereocenters. The van der Waals surface area contributed by atoms with Gasteiger partial charge in [0, 0.05) is 11.3 Å². The van der Waals surface area contributed by atoms with Crippen molar-refractivity contribution in [3.05, 3.63) is 42.5 Å². The number of ether oxygens (including phenoxy) is 1. The number of carbonyl (C=O) groups is 1. The van der Waals surface area contributed by atoms with E-state index in [0.717, 1.165) is 11.3 Å². The molecule has 0 amide bonds. The monoisotopic (exact) mass is 331 g/mol.